The van der Waals surface area contributed by atoms with Crippen LogP contribution < -0.4 is 0 Å². The lowest BCUT2D eigenvalue weighted by molar-refractivity contribution is 0.432. The quantitative estimate of drug-likeness (QED) is 0.722. The predicted octanol–water partition coefficient (Wildman–Crippen LogP) is 3.49. The van der Waals surface area contributed by atoms with E-state index in [2.05, 4.69) is 6.08 Å². The van der Waals surface area contributed by atoms with Crippen molar-refractivity contribution in [2.24, 2.45) is 0 Å². The normalized spacial score (nSPS) is 16.5. The summed E-state index contributed by atoms with van der Waals surface area (Å²) < 4.78 is 13.1. The van der Waals surface area contributed by atoms with Gasteiger partial charge in [0.1, 0.15) is 0 Å². The molecule has 0 aliphatic heterocycles. The first kappa shape index (κ1) is 9.25. The van der Waals surface area contributed by atoms with Crippen molar-refractivity contribution >= 4 is 5.57 Å². The molecule has 74 valence electrons. The summed E-state index contributed by atoms with van der Waals surface area (Å²) in [4.78, 5) is 0. The van der Waals surface area contributed by atoms with Gasteiger partial charge in [-0.15, -0.1) is 0 Å². The van der Waals surface area contributed by atoms with Crippen molar-refractivity contribution in [2.45, 2.75) is 25.7 Å². The lowest BCUT2D eigenvalue weighted by atomic mass is 9.94. The Morgan fingerprint density at radius 1 is 1.21 bits per heavy atom. The van der Waals surface area contributed by atoms with Crippen LogP contribution in [0.25, 0.3) is 5.57 Å². The Bertz CT molecular complexity index is 369. The van der Waals surface area contributed by atoms with Gasteiger partial charge in [0.25, 0.3) is 0 Å². The van der Waals surface area contributed by atoms with E-state index >= 15 is 0 Å². The van der Waals surface area contributed by atoms with Crippen LogP contribution in [0.3, 0.4) is 0 Å². The summed E-state index contributed by atoms with van der Waals surface area (Å²) in [6, 6.07) is 4.60. The van der Waals surface area contributed by atoms with Crippen LogP contribution in [0, 0.1) is 5.82 Å². The molecule has 0 spiro atoms. The summed E-state index contributed by atoms with van der Waals surface area (Å²) in [7, 11) is 0. The van der Waals surface area contributed by atoms with Crippen LogP contribution in [0.5, 0.6) is 5.75 Å². The van der Waals surface area contributed by atoms with E-state index < -0.39 is 5.82 Å². The first-order valence-electron chi connectivity index (χ1n) is 4.95. The second-order valence-corrected chi connectivity index (χ2v) is 3.64. The van der Waals surface area contributed by atoms with E-state index in [1.165, 1.54) is 30.5 Å². The van der Waals surface area contributed by atoms with Crippen molar-refractivity contribution in [1.82, 2.24) is 0 Å². The zero-order valence-electron chi connectivity index (χ0n) is 7.96. The number of hydrogen-bond acceptors (Lipinski definition) is 1. The number of phenolic OH excluding ortho intramolecular Hbond substituents is 1. The molecule has 0 radical (unpaired) electrons. The highest BCUT2D eigenvalue weighted by Crippen LogP contribution is 2.28. The molecule has 1 N–H and O–H groups in total. The molecule has 1 aliphatic carbocycles. The third-order valence-corrected chi connectivity index (χ3v) is 2.61. The van der Waals surface area contributed by atoms with E-state index in [-0.39, 0.29) is 5.75 Å². The Kier molecular flexibility index (Phi) is 2.53. The van der Waals surface area contributed by atoms with Crippen molar-refractivity contribution in [1.29, 1.82) is 0 Å². The number of phenols is 1. The third kappa shape index (κ3) is 1.79. The molecule has 1 aliphatic rings. The van der Waals surface area contributed by atoms with Crippen LogP contribution in [-0.4, -0.2) is 5.11 Å². The molecule has 0 fully saturated rings. The van der Waals surface area contributed by atoms with Gasteiger partial charge >= 0.3 is 0 Å². The fourth-order valence-corrected chi connectivity index (χ4v) is 1.81. The summed E-state index contributed by atoms with van der Waals surface area (Å²) in [5, 5.41) is 9.05. The van der Waals surface area contributed by atoms with Gasteiger partial charge in [-0.1, -0.05) is 12.1 Å². The summed E-state index contributed by atoms with van der Waals surface area (Å²) >= 11 is 0. The van der Waals surface area contributed by atoms with Crippen LogP contribution in [0.15, 0.2) is 24.3 Å². The lowest BCUT2D eigenvalue weighted by Crippen LogP contribution is -1.92. The maximum absolute atomic E-state index is 13.1. The summed E-state index contributed by atoms with van der Waals surface area (Å²) in [6.07, 6.45) is 6.66. The molecule has 0 atom stereocenters. The van der Waals surface area contributed by atoms with E-state index in [1.807, 2.05) is 0 Å². The van der Waals surface area contributed by atoms with Gasteiger partial charge in [-0.2, -0.15) is 0 Å². The molecule has 0 heterocycles. The van der Waals surface area contributed by atoms with Gasteiger partial charge in [0, 0.05) is 0 Å². The Balaban J connectivity index is 2.32. The summed E-state index contributed by atoms with van der Waals surface area (Å²) in [6.45, 7) is 0. The van der Waals surface area contributed by atoms with Crippen molar-refractivity contribution in [3.05, 3.63) is 35.7 Å². The Hall–Kier alpha value is -1.31. The fraction of sp³-hybridized carbons (Fsp3) is 0.333. The standard InChI is InChI=1S/C12H13FO/c13-11-8-10(6-7-12(11)14)9-4-2-1-3-5-9/h4,6-8,14H,1-3,5H2. The molecule has 0 amide bonds. The molecule has 14 heavy (non-hydrogen) atoms. The van der Waals surface area contributed by atoms with E-state index in [0.29, 0.717) is 0 Å². The van der Waals surface area contributed by atoms with E-state index in [4.69, 9.17) is 5.11 Å². The Morgan fingerprint density at radius 3 is 2.71 bits per heavy atom. The second-order valence-electron chi connectivity index (χ2n) is 3.64. The van der Waals surface area contributed by atoms with Gasteiger partial charge in [-0.05, 0) is 49.0 Å². The number of benzene rings is 1. The van der Waals surface area contributed by atoms with Crippen molar-refractivity contribution in [3.8, 4) is 5.75 Å². The zero-order valence-corrected chi connectivity index (χ0v) is 7.96. The van der Waals surface area contributed by atoms with Crippen LogP contribution in [0.4, 0.5) is 4.39 Å². The van der Waals surface area contributed by atoms with Gasteiger partial charge in [0.05, 0.1) is 0 Å². The zero-order chi connectivity index (χ0) is 9.97. The Morgan fingerprint density at radius 2 is 2.07 bits per heavy atom. The highest BCUT2D eigenvalue weighted by Gasteiger charge is 2.08. The summed E-state index contributed by atoms with van der Waals surface area (Å²) in [5.74, 6) is -0.806. The molecule has 0 bridgehead atoms. The molecule has 0 unspecified atom stereocenters. The minimum atomic E-state index is -0.533. The average Bonchev–Trinajstić information content (AvgIpc) is 2.23. The first-order valence-corrected chi connectivity index (χ1v) is 4.95. The van der Waals surface area contributed by atoms with Gasteiger partial charge in [-0.3, -0.25) is 0 Å². The molecule has 0 aromatic heterocycles. The third-order valence-electron chi connectivity index (χ3n) is 2.61. The number of allylic oxidation sites excluding steroid dienone is 2. The molecule has 1 nitrogen and oxygen atoms in total. The highest BCUT2D eigenvalue weighted by atomic mass is 19.1. The number of hydrogen-bond donors (Lipinski definition) is 1. The minimum absolute atomic E-state index is 0.273. The largest absolute Gasteiger partial charge is 0.505 e. The number of aromatic hydroxyl groups is 1. The maximum atomic E-state index is 13.1. The van der Waals surface area contributed by atoms with Crippen LogP contribution >= 0.6 is 0 Å². The van der Waals surface area contributed by atoms with Gasteiger partial charge in [0.15, 0.2) is 11.6 Å². The van der Waals surface area contributed by atoms with E-state index in [0.717, 1.165) is 18.4 Å². The monoisotopic (exact) mass is 192 g/mol. The summed E-state index contributed by atoms with van der Waals surface area (Å²) in [5.41, 5.74) is 2.11. The van der Waals surface area contributed by atoms with Crippen LogP contribution in [0.2, 0.25) is 0 Å². The minimum Gasteiger partial charge on any atom is -0.505 e. The van der Waals surface area contributed by atoms with Gasteiger partial charge < -0.3 is 5.11 Å². The van der Waals surface area contributed by atoms with Crippen LogP contribution in [0.1, 0.15) is 31.2 Å². The number of rotatable bonds is 1. The maximum Gasteiger partial charge on any atom is 0.165 e. The SMILES string of the molecule is Oc1ccc(C2=CCCCC2)cc1F. The van der Waals surface area contributed by atoms with Crippen molar-refractivity contribution in [3.63, 3.8) is 0 Å². The second kappa shape index (κ2) is 3.82. The molecular formula is C12H13FO. The first-order chi connectivity index (χ1) is 6.77. The Labute approximate surface area is 82.9 Å². The smallest absolute Gasteiger partial charge is 0.165 e. The van der Waals surface area contributed by atoms with E-state index in [1.54, 1.807) is 6.07 Å². The van der Waals surface area contributed by atoms with Crippen LogP contribution in [-0.2, 0) is 0 Å². The topological polar surface area (TPSA) is 20.2 Å². The molecule has 1 aromatic rings. The van der Waals surface area contributed by atoms with E-state index in [9.17, 15) is 4.39 Å². The van der Waals surface area contributed by atoms with Gasteiger partial charge in [0.2, 0.25) is 0 Å². The molecule has 1 aromatic carbocycles. The molecular weight excluding hydrogens is 179 g/mol. The van der Waals surface area contributed by atoms with Gasteiger partial charge in [-0.25, -0.2) is 4.39 Å². The molecule has 0 saturated carbocycles. The molecule has 0 saturated heterocycles. The highest BCUT2D eigenvalue weighted by molar-refractivity contribution is 5.66. The van der Waals surface area contributed by atoms with Crippen molar-refractivity contribution in [2.75, 3.05) is 0 Å². The fourth-order valence-electron chi connectivity index (χ4n) is 1.81. The van der Waals surface area contributed by atoms with Crippen molar-refractivity contribution < 1.29 is 9.50 Å². The molecule has 2 rings (SSSR count). The number of halogens is 1. The average molecular weight is 192 g/mol. The predicted molar refractivity (Wildman–Crippen MR) is 54.5 cm³/mol. The lowest BCUT2D eigenvalue weighted by Gasteiger charge is -2.12. The molecule has 2 heteroatoms.